The number of nitrogens with one attached hydrogen (secondary N) is 1. The molecule has 0 radical (unpaired) electrons. The topological polar surface area (TPSA) is 103 Å². The predicted molar refractivity (Wildman–Crippen MR) is 121 cm³/mol. The Kier molecular flexibility index (Phi) is 8.33. The number of thioether (sulfide) groups is 1. The van der Waals surface area contributed by atoms with Crippen LogP contribution in [-0.2, 0) is 11.3 Å². The molecule has 8 heteroatoms. The van der Waals surface area contributed by atoms with Crippen LogP contribution < -0.4 is 5.56 Å². The number of hydrogen-bond donors (Lipinski definition) is 1. The summed E-state index contributed by atoms with van der Waals surface area (Å²) in [6.45, 7) is 11.1. The molecule has 0 saturated carbocycles. The van der Waals surface area contributed by atoms with E-state index in [0.29, 0.717) is 41.2 Å². The van der Waals surface area contributed by atoms with Gasteiger partial charge in [-0.3, -0.25) is 19.1 Å². The van der Waals surface area contributed by atoms with Crippen molar-refractivity contribution in [1.29, 1.82) is 10.7 Å². The summed E-state index contributed by atoms with van der Waals surface area (Å²) in [7, 11) is 0. The van der Waals surface area contributed by atoms with Crippen molar-refractivity contribution in [2.45, 2.75) is 58.4 Å². The highest BCUT2D eigenvalue weighted by Crippen LogP contribution is 2.20. The van der Waals surface area contributed by atoms with Gasteiger partial charge in [-0.15, -0.1) is 0 Å². The van der Waals surface area contributed by atoms with E-state index in [1.807, 2.05) is 18.2 Å². The third-order valence-electron chi connectivity index (χ3n) is 4.96. The van der Waals surface area contributed by atoms with Gasteiger partial charge in [0.05, 0.1) is 22.7 Å². The highest BCUT2D eigenvalue weighted by Gasteiger charge is 2.22. The van der Waals surface area contributed by atoms with Crippen molar-refractivity contribution in [3.8, 4) is 6.07 Å². The second-order valence-corrected chi connectivity index (χ2v) is 8.74. The Balaban J connectivity index is 2.38. The second-order valence-electron chi connectivity index (χ2n) is 7.79. The monoisotopic (exact) mass is 427 g/mol. The van der Waals surface area contributed by atoms with Gasteiger partial charge in [-0.05, 0) is 46.8 Å². The molecule has 30 heavy (non-hydrogen) atoms. The largest absolute Gasteiger partial charge is 0.308 e. The molecule has 2 aromatic rings. The normalized spacial score (nSPS) is 12.5. The number of para-hydroxylation sites is 1. The number of Topliss-reactive ketones (excluding diaryl/α,β-unsaturated/α-hetero) is 1. The second kappa shape index (κ2) is 10.5. The van der Waals surface area contributed by atoms with E-state index in [2.05, 4.69) is 37.6 Å². The maximum absolute atomic E-state index is 13.2. The van der Waals surface area contributed by atoms with Crippen molar-refractivity contribution >= 4 is 34.2 Å². The van der Waals surface area contributed by atoms with Crippen LogP contribution in [0.5, 0.6) is 0 Å². The Morgan fingerprint density at radius 1 is 1.27 bits per heavy atom. The number of carbonyl (C=O) groups is 1. The fourth-order valence-corrected chi connectivity index (χ4v) is 4.34. The Bertz CT molecular complexity index is 1010. The van der Waals surface area contributed by atoms with Crippen molar-refractivity contribution < 1.29 is 4.79 Å². The molecule has 7 nitrogen and oxygen atoms in total. The summed E-state index contributed by atoms with van der Waals surface area (Å²) in [5.41, 5.74) is 0.470. The SMILES string of the molecule is CC(=N)[C@@H](C#N)C(=O)CSc1nc2ccccc2c(=O)n1CCN(C(C)C)C(C)C. The standard InChI is InChI=1S/C22H29N5O2S/c1-14(2)26(15(3)4)10-11-27-21(29)17-8-6-7-9-19(17)25-22(27)30-13-20(28)18(12-23)16(5)24/h6-9,14-15,18,24H,10-11,13H2,1-5H3/t18-/m1/s1. The summed E-state index contributed by atoms with van der Waals surface area (Å²) in [4.78, 5) is 32.5. The number of hydrogen-bond acceptors (Lipinski definition) is 7. The number of benzene rings is 1. The molecule has 1 heterocycles. The van der Waals surface area contributed by atoms with Gasteiger partial charge < -0.3 is 5.41 Å². The fourth-order valence-electron chi connectivity index (χ4n) is 3.41. The Labute approximate surface area is 181 Å². The van der Waals surface area contributed by atoms with Crippen LogP contribution in [0.25, 0.3) is 10.9 Å². The van der Waals surface area contributed by atoms with E-state index < -0.39 is 5.92 Å². The molecule has 0 saturated heterocycles. The minimum atomic E-state index is -1.06. The van der Waals surface area contributed by atoms with Crippen LogP contribution in [0.2, 0.25) is 0 Å². The molecule has 0 amide bonds. The molecule has 0 bridgehead atoms. The van der Waals surface area contributed by atoms with Crippen molar-refractivity contribution in [1.82, 2.24) is 14.5 Å². The van der Waals surface area contributed by atoms with E-state index in [1.54, 1.807) is 16.7 Å². The van der Waals surface area contributed by atoms with Crippen LogP contribution in [0.1, 0.15) is 34.6 Å². The molecule has 0 aliphatic carbocycles. The third-order valence-corrected chi connectivity index (χ3v) is 5.96. The summed E-state index contributed by atoms with van der Waals surface area (Å²) in [6, 6.07) is 9.71. The lowest BCUT2D eigenvalue weighted by atomic mass is 10.0. The average molecular weight is 428 g/mol. The highest BCUT2D eigenvalue weighted by molar-refractivity contribution is 7.99. The van der Waals surface area contributed by atoms with Gasteiger partial charge in [0.15, 0.2) is 10.9 Å². The first-order valence-corrected chi connectivity index (χ1v) is 11.0. The van der Waals surface area contributed by atoms with E-state index in [4.69, 9.17) is 10.7 Å². The number of nitrogens with zero attached hydrogens (tertiary/aromatic N) is 4. The summed E-state index contributed by atoms with van der Waals surface area (Å²) in [5, 5.41) is 17.8. The molecular weight excluding hydrogens is 398 g/mol. The number of carbonyl (C=O) groups excluding carboxylic acids is 1. The minimum absolute atomic E-state index is 0.0166. The smallest absolute Gasteiger partial charge is 0.262 e. The summed E-state index contributed by atoms with van der Waals surface area (Å²) in [5.74, 6) is -1.43. The average Bonchev–Trinajstić information content (AvgIpc) is 2.68. The molecule has 0 aliphatic rings. The summed E-state index contributed by atoms with van der Waals surface area (Å²) < 4.78 is 1.62. The number of fused-ring (bicyclic) bond motifs is 1. The van der Waals surface area contributed by atoms with Gasteiger partial charge >= 0.3 is 0 Å². The first-order valence-electron chi connectivity index (χ1n) is 10.0. The molecule has 1 N–H and O–H groups in total. The van der Waals surface area contributed by atoms with E-state index in [9.17, 15) is 9.59 Å². The highest BCUT2D eigenvalue weighted by atomic mass is 32.2. The van der Waals surface area contributed by atoms with Crippen LogP contribution in [0.3, 0.4) is 0 Å². The number of nitriles is 1. The van der Waals surface area contributed by atoms with Gasteiger partial charge in [-0.25, -0.2) is 4.98 Å². The first-order chi connectivity index (χ1) is 14.2. The zero-order chi connectivity index (χ0) is 22.4. The summed E-state index contributed by atoms with van der Waals surface area (Å²) in [6.07, 6.45) is 0. The van der Waals surface area contributed by atoms with Crippen LogP contribution >= 0.6 is 11.8 Å². The maximum atomic E-state index is 13.2. The zero-order valence-corrected chi connectivity index (χ0v) is 19.0. The molecular formula is C22H29N5O2S. The molecule has 2 rings (SSSR count). The molecule has 160 valence electrons. The lowest BCUT2D eigenvalue weighted by molar-refractivity contribution is -0.117. The van der Waals surface area contributed by atoms with Crippen LogP contribution in [0.15, 0.2) is 34.2 Å². The van der Waals surface area contributed by atoms with Gasteiger partial charge in [0.2, 0.25) is 0 Å². The van der Waals surface area contributed by atoms with Gasteiger partial charge in [-0.2, -0.15) is 5.26 Å². The Morgan fingerprint density at radius 2 is 1.90 bits per heavy atom. The van der Waals surface area contributed by atoms with Crippen LogP contribution in [-0.4, -0.2) is 50.3 Å². The molecule has 1 aromatic carbocycles. The van der Waals surface area contributed by atoms with Gasteiger partial charge in [0, 0.05) is 30.9 Å². The molecule has 1 atom stereocenters. The maximum Gasteiger partial charge on any atom is 0.262 e. The molecule has 0 aliphatic heterocycles. The third kappa shape index (κ3) is 5.55. The fraction of sp³-hybridized carbons (Fsp3) is 0.500. The zero-order valence-electron chi connectivity index (χ0n) is 18.2. The predicted octanol–water partition coefficient (Wildman–Crippen LogP) is 3.36. The minimum Gasteiger partial charge on any atom is -0.308 e. The van der Waals surface area contributed by atoms with Crippen molar-refractivity contribution in [3.63, 3.8) is 0 Å². The first kappa shape index (κ1) is 23.8. The van der Waals surface area contributed by atoms with Crippen LogP contribution in [0.4, 0.5) is 0 Å². The van der Waals surface area contributed by atoms with Gasteiger partial charge in [-0.1, -0.05) is 23.9 Å². The quantitative estimate of drug-likeness (QED) is 0.354. The van der Waals surface area contributed by atoms with Gasteiger partial charge in [0.25, 0.3) is 5.56 Å². The van der Waals surface area contributed by atoms with E-state index in [0.717, 1.165) is 11.8 Å². The lowest BCUT2D eigenvalue weighted by Gasteiger charge is -2.30. The van der Waals surface area contributed by atoms with Gasteiger partial charge in [0.1, 0.15) is 5.92 Å². The van der Waals surface area contributed by atoms with Crippen molar-refractivity contribution in [2.24, 2.45) is 5.92 Å². The van der Waals surface area contributed by atoms with E-state index in [-0.39, 0.29) is 22.8 Å². The van der Waals surface area contributed by atoms with Crippen molar-refractivity contribution in [2.75, 3.05) is 12.3 Å². The van der Waals surface area contributed by atoms with E-state index in [1.165, 1.54) is 6.92 Å². The number of rotatable bonds is 10. The van der Waals surface area contributed by atoms with Crippen LogP contribution in [0, 0.1) is 22.7 Å². The number of ketones is 1. The number of aromatic nitrogens is 2. The van der Waals surface area contributed by atoms with E-state index >= 15 is 0 Å². The molecule has 0 unspecified atom stereocenters. The molecule has 0 spiro atoms. The Hall–Kier alpha value is -2.50. The molecule has 0 fully saturated rings. The molecule has 1 aromatic heterocycles. The lowest BCUT2D eigenvalue weighted by Crippen LogP contribution is -2.40. The summed E-state index contributed by atoms with van der Waals surface area (Å²) >= 11 is 1.15. The Morgan fingerprint density at radius 3 is 2.47 bits per heavy atom. The van der Waals surface area contributed by atoms with Crippen molar-refractivity contribution in [3.05, 3.63) is 34.6 Å².